The van der Waals surface area contributed by atoms with Crippen LogP contribution in [0.5, 0.6) is 0 Å². The topological polar surface area (TPSA) is 145 Å². The van der Waals surface area contributed by atoms with Gasteiger partial charge in [-0.3, -0.25) is 14.4 Å². The van der Waals surface area contributed by atoms with E-state index in [1.54, 1.807) is 29.7 Å². The lowest BCUT2D eigenvalue weighted by Gasteiger charge is -2.36. The summed E-state index contributed by atoms with van der Waals surface area (Å²) in [5.41, 5.74) is 4.28. The monoisotopic (exact) mass is 866 g/mol. The number of halogens is 2. The zero-order chi connectivity index (χ0) is 40.3. The number of rotatable bonds is 14. The third-order valence-corrected chi connectivity index (χ3v) is 13.5. The van der Waals surface area contributed by atoms with E-state index in [4.69, 9.17) is 16.7 Å². The summed E-state index contributed by atoms with van der Waals surface area (Å²) in [7, 11) is -4.32. The molecule has 3 amide bonds. The van der Waals surface area contributed by atoms with Crippen molar-refractivity contribution in [3.8, 4) is 5.69 Å². The number of nitrogens with zero attached hydrogens (tertiary/aromatic N) is 5. The molecule has 1 aromatic heterocycles. The maximum Gasteiger partial charge on any atom is 0.275 e. The van der Waals surface area contributed by atoms with Crippen LogP contribution < -0.4 is 5.32 Å². The predicted molar refractivity (Wildman–Crippen MR) is 220 cm³/mol. The molecule has 0 aliphatic carbocycles. The fraction of sp³-hybridized carbons (Fsp3) is 0.415. The molecular formula is C41H48BrClN6O6S. The number of anilines is 1. The fourth-order valence-corrected chi connectivity index (χ4v) is 9.85. The first-order chi connectivity index (χ1) is 26.9. The lowest BCUT2D eigenvalue weighted by Crippen LogP contribution is -2.46. The molecule has 0 bridgehead atoms. The highest BCUT2D eigenvalue weighted by atomic mass is 79.9. The normalized spacial score (nSPS) is 14.9. The molecule has 0 fully saturated rings. The Morgan fingerprint density at radius 3 is 2.34 bits per heavy atom. The number of aromatic nitrogens is 2. The van der Waals surface area contributed by atoms with E-state index < -0.39 is 27.9 Å². The van der Waals surface area contributed by atoms with Crippen molar-refractivity contribution in [1.82, 2.24) is 23.9 Å². The molecule has 0 saturated heterocycles. The number of carbonyl (C=O) groups is 3. The Morgan fingerprint density at radius 2 is 1.68 bits per heavy atom. The number of hydrogen-bond acceptors (Lipinski definition) is 8. The highest BCUT2D eigenvalue weighted by molar-refractivity contribution is 9.10. The van der Waals surface area contributed by atoms with Crippen LogP contribution in [-0.2, 0) is 29.4 Å². The lowest BCUT2D eigenvalue weighted by molar-refractivity contribution is 0.0544. The molecule has 2 N–H and O–H groups in total. The Hall–Kier alpha value is -4.24. The van der Waals surface area contributed by atoms with Crippen molar-refractivity contribution in [3.05, 3.63) is 103 Å². The molecule has 3 heterocycles. The average molecular weight is 868 g/mol. The van der Waals surface area contributed by atoms with Gasteiger partial charge in [0.15, 0.2) is 5.69 Å². The van der Waals surface area contributed by atoms with Gasteiger partial charge in [0.1, 0.15) is 0 Å². The van der Waals surface area contributed by atoms with Crippen molar-refractivity contribution in [3.63, 3.8) is 0 Å². The first kappa shape index (κ1) is 41.4. The van der Waals surface area contributed by atoms with Crippen LogP contribution in [0.4, 0.5) is 5.69 Å². The second-order valence-corrected chi connectivity index (χ2v) is 17.3. The van der Waals surface area contributed by atoms with Gasteiger partial charge in [0.2, 0.25) is 0 Å². The summed E-state index contributed by atoms with van der Waals surface area (Å²) in [6.07, 6.45) is 4.50. The second-order valence-electron chi connectivity index (χ2n) is 14.2. The lowest BCUT2D eigenvalue weighted by atomic mass is 9.93. The minimum absolute atomic E-state index is 0.0290. The first-order valence-corrected chi connectivity index (χ1v) is 21.8. The van der Waals surface area contributed by atoms with E-state index in [2.05, 4.69) is 35.1 Å². The second kappa shape index (κ2) is 17.5. The Labute approximate surface area is 342 Å². The summed E-state index contributed by atoms with van der Waals surface area (Å²) in [5, 5.41) is 18.6. The van der Waals surface area contributed by atoms with Crippen LogP contribution in [0.2, 0.25) is 5.02 Å². The number of aliphatic hydroxyl groups excluding tert-OH is 1. The molecule has 1 atom stereocenters. The van der Waals surface area contributed by atoms with Gasteiger partial charge >= 0.3 is 0 Å². The molecule has 2 aliphatic rings. The number of sulfonamides is 1. The molecule has 3 aromatic carbocycles. The molecule has 0 spiro atoms. The summed E-state index contributed by atoms with van der Waals surface area (Å²) in [6.45, 7) is 8.88. The Balaban J connectivity index is 1.45. The molecule has 0 radical (unpaired) electrons. The molecule has 4 aromatic rings. The van der Waals surface area contributed by atoms with E-state index >= 15 is 0 Å². The number of nitrogens with one attached hydrogen (secondary N) is 1. The van der Waals surface area contributed by atoms with Crippen molar-refractivity contribution >= 4 is 61.0 Å². The van der Waals surface area contributed by atoms with Crippen LogP contribution in [0.15, 0.2) is 64.0 Å². The summed E-state index contributed by atoms with van der Waals surface area (Å²) in [4.78, 5) is 46.4. The highest BCUT2D eigenvalue weighted by Crippen LogP contribution is 2.36. The van der Waals surface area contributed by atoms with Crippen molar-refractivity contribution in [2.45, 2.75) is 83.7 Å². The average Bonchev–Trinajstić information content (AvgIpc) is 3.81. The molecule has 2 aliphatic heterocycles. The van der Waals surface area contributed by atoms with Crippen molar-refractivity contribution < 1.29 is 27.9 Å². The van der Waals surface area contributed by atoms with Crippen molar-refractivity contribution in [2.24, 2.45) is 0 Å². The maximum absolute atomic E-state index is 14.8. The van der Waals surface area contributed by atoms with Crippen molar-refractivity contribution in [2.75, 3.05) is 38.1 Å². The van der Waals surface area contributed by atoms with Gasteiger partial charge < -0.3 is 20.2 Å². The quantitative estimate of drug-likeness (QED) is 0.138. The van der Waals surface area contributed by atoms with E-state index in [1.165, 1.54) is 28.9 Å². The van der Waals surface area contributed by atoms with E-state index in [-0.39, 0.29) is 58.0 Å². The molecule has 12 nitrogen and oxygen atoms in total. The smallest absolute Gasteiger partial charge is 0.275 e. The van der Waals surface area contributed by atoms with E-state index in [0.717, 1.165) is 52.4 Å². The van der Waals surface area contributed by atoms with Gasteiger partial charge in [0, 0.05) is 42.8 Å². The summed E-state index contributed by atoms with van der Waals surface area (Å²) >= 11 is 10.3. The molecule has 6 rings (SSSR count). The number of benzene rings is 3. The molecular weight excluding hydrogens is 820 g/mol. The number of unbranched alkanes of at least 4 members (excludes halogenated alkanes) is 2. The summed E-state index contributed by atoms with van der Waals surface area (Å²) < 4.78 is 31.0. The molecule has 298 valence electrons. The Kier molecular flexibility index (Phi) is 12.9. The number of fused-ring (bicyclic) bond motifs is 2. The van der Waals surface area contributed by atoms with Crippen molar-refractivity contribution in [1.29, 1.82) is 0 Å². The summed E-state index contributed by atoms with van der Waals surface area (Å²) in [5.74, 6) is -1.64. The number of carbonyl (C=O) groups excluding carboxylic acids is 3. The van der Waals surface area contributed by atoms with Crippen LogP contribution in [0.3, 0.4) is 0 Å². The van der Waals surface area contributed by atoms with Crippen LogP contribution >= 0.6 is 27.5 Å². The predicted octanol–water partition coefficient (Wildman–Crippen LogP) is 7.02. The van der Waals surface area contributed by atoms with Crippen LogP contribution in [0.1, 0.15) is 100 Å². The molecule has 15 heteroatoms. The third kappa shape index (κ3) is 7.98. The largest absolute Gasteiger partial charge is 0.394 e. The van der Waals surface area contributed by atoms with Gasteiger partial charge in [-0.25, -0.2) is 17.4 Å². The van der Waals surface area contributed by atoms with Crippen LogP contribution in [0.25, 0.3) is 5.69 Å². The zero-order valence-electron chi connectivity index (χ0n) is 32.1. The van der Waals surface area contributed by atoms with Gasteiger partial charge in [-0.2, -0.15) is 5.10 Å². The third-order valence-electron chi connectivity index (χ3n) is 10.6. The number of hydrogen-bond donors (Lipinski definition) is 2. The summed E-state index contributed by atoms with van der Waals surface area (Å²) in [6, 6.07) is 14.6. The van der Waals surface area contributed by atoms with Gasteiger partial charge in [0.25, 0.3) is 27.7 Å². The Bertz CT molecular complexity index is 2250. The SMILES string of the molecule is CCCCN(CCCC)C(=O)c1nn(-c2ccc(C(=O)N(CC)S(=O)(=O)c3cc(Br)c4c(c3)CCN4)cc2C(=O)N2Cc3ccccc3C[C@H]2CO)c(C)c1Cl. The molecule has 56 heavy (non-hydrogen) atoms. The minimum atomic E-state index is -4.32. The number of amides is 3. The Morgan fingerprint density at radius 1 is 0.982 bits per heavy atom. The van der Waals surface area contributed by atoms with Gasteiger partial charge in [-0.1, -0.05) is 62.6 Å². The van der Waals surface area contributed by atoms with Crippen LogP contribution in [-0.4, -0.2) is 94.0 Å². The molecule has 0 unspecified atom stereocenters. The van der Waals surface area contributed by atoms with E-state index in [9.17, 15) is 27.9 Å². The zero-order valence-corrected chi connectivity index (χ0v) is 35.3. The molecule has 0 saturated carbocycles. The first-order valence-electron chi connectivity index (χ1n) is 19.2. The van der Waals surface area contributed by atoms with E-state index in [1.807, 2.05) is 24.3 Å². The van der Waals surface area contributed by atoms with Gasteiger partial charge in [0.05, 0.1) is 45.2 Å². The standard InChI is InChI=1S/C41H48BrClN6O6S/c1-5-8-18-46(19-9-6-2)41(53)38-36(43)26(4)49(45-38)35-15-14-29(22-33(35)40(52)47-24-30-13-11-10-12-27(30)20-31(47)25-50)39(51)48(7-3)56(54,55)32-21-28-16-17-44-37(28)34(42)23-32/h10-15,21-23,31,44,50H,5-9,16-20,24-25H2,1-4H3/t31-/m0/s1. The van der Waals surface area contributed by atoms with Gasteiger partial charge in [-0.15, -0.1) is 0 Å². The van der Waals surface area contributed by atoms with Crippen LogP contribution in [0, 0.1) is 6.92 Å². The van der Waals surface area contributed by atoms with E-state index in [0.29, 0.717) is 42.6 Å². The minimum Gasteiger partial charge on any atom is -0.394 e. The highest BCUT2D eigenvalue weighted by Gasteiger charge is 2.35. The van der Waals surface area contributed by atoms with Gasteiger partial charge in [-0.05, 0) is 102 Å². The maximum atomic E-state index is 14.8. The number of aliphatic hydroxyl groups is 1. The fourth-order valence-electron chi connectivity index (χ4n) is 7.38.